The zero-order chi connectivity index (χ0) is 20.6. The molecule has 3 aromatic rings. The molecule has 29 heavy (non-hydrogen) atoms. The summed E-state index contributed by atoms with van der Waals surface area (Å²) in [6.45, 7) is 0.453. The van der Waals surface area contributed by atoms with Crippen LogP contribution < -0.4 is 10.6 Å². The standard InChI is InChI=1S/C21H18BrFN2O3S/c22-19-9-8-18(28-19)21(27)25-16-6-3-5-14(12-16)20(26)24-10-11-29-13-15-4-1-2-7-17(15)23/h1-9,12H,10-11,13H2,(H,24,26)(H,25,27). The third-order valence-corrected chi connectivity index (χ3v) is 5.36. The average molecular weight is 477 g/mol. The normalized spacial score (nSPS) is 10.6. The summed E-state index contributed by atoms with van der Waals surface area (Å²) < 4.78 is 19.2. The van der Waals surface area contributed by atoms with Crippen LogP contribution in [0.3, 0.4) is 0 Å². The molecule has 8 heteroatoms. The number of carbonyl (C=O) groups excluding carboxylic acids is 2. The van der Waals surface area contributed by atoms with Crippen LogP contribution in [-0.2, 0) is 5.75 Å². The van der Waals surface area contributed by atoms with E-state index in [2.05, 4.69) is 26.6 Å². The number of anilines is 1. The fourth-order valence-corrected chi connectivity index (χ4v) is 3.65. The molecule has 0 aliphatic carbocycles. The number of nitrogens with one attached hydrogen (secondary N) is 2. The van der Waals surface area contributed by atoms with Crippen LogP contribution in [-0.4, -0.2) is 24.1 Å². The molecular weight excluding hydrogens is 459 g/mol. The number of rotatable bonds is 8. The van der Waals surface area contributed by atoms with E-state index in [4.69, 9.17) is 4.42 Å². The highest BCUT2D eigenvalue weighted by atomic mass is 79.9. The number of hydrogen-bond acceptors (Lipinski definition) is 4. The van der Waals surface area contributed by atoms with E-state index in [9.17, 15) is 14.0 Å². The van der Waals surface area contributed by atoms with Crippen molar-refractivity contribution < 1.29 is 18.4 Å². The van der Waals surface area contributed by atoms with Crippen molar-refractivity contribution in [1.82, 2.24) is 5.32 Å². The molecule has 0 bridgehead atoms. The lowest BCUT2D eigenvalue weighted by Gasteiger charge is -2.08. The predicted molar refractivity (Wildman–Crippen MR) is 116 cm³/mol. The van der Waals surface area contributed by atoms with Crippen LogP contribution in [0.15, 0.2) is 69.8 Å². The first kappa shape index (κ1) is 21.1. The molecule has 0 saturated heterocycles. The van der Waals surface area contributed by atoms with Crippen LogP contribution in [0.25, 0.3) is 0 Å². The van der Waals surface area contributed by atoms with Gasteiger partial charge in [0.1, 0.15) is 5.82 Å². The van der Waals surface area contributed by atoms with Gasteiger partial charge >= 0.3 is 0 Å². The van der Waals surface area contributed by atoms with Gasteiger partial charge in [0, 0.05) is 29.3 Å². The number of thioether (sulfide) groups is 1. The van der Waals surface area contributed by atoms with Gasteiger partial charge in [-0.1, -0.05) is 24.3 Å². The maximum Gasteiger partial charge on any atom is 0.291 e. The van der Waals surface area contributed by atoms with Crippen LogP contribution in [0.1, 0.15) is 26.5 Å². The van der Waals surface area contributed by atoms with Gasteiger partial charge in [-0.2, -0.15) is 11.8 Å². The average Bonchev–Trinajstić information content (AvgIpc) is 3.15. The van der Waals surface area contributed by atoms with E-state index < -0.39 is 5.91 Å². The summed E-state index contributed by atoms with van der Waals surface area (Å²) in [6.07, 6.45) is 0. The zero-order valence-corrected chi connectivity index (χ0v) is 17.7. The van der Waals surface area contributed by atoms with E-state index in [1.807, 2.05) is 0 Å². The summed E-state index contributed by atoms with van der Waals surface area (Å²) in [5, 5.41) is 5.52. The van der Waals surface area contributed by atoms with Gasteiger partial charge in [-0.05, 0) is 57.9 Å². The Morgan fingerprint density at radius 2 is 1.86 bits per heavy atom. The van der Waals surface area contributed by atoms with Gasteiger partial charge in [0.25, 0.3) is 11.8 Å². The highest BCUT2D eigenvalue weighted by Gasteiger charge is 2.12. The summed E-state index contributed by atoms with van der Waals surface area (Å²) in [6, 6.07) is 16.5. The molecule has 5 nitrogen and oxygen atoms in total. The van der Waals surface area contributed by atoms with Crippen molar-refractivity contribution in [2.75, 3.05) is 17.6 Å². The lowest BCUT2D eigenvalue weighted by atomic mass is 10.2. The van der Waals surface area contributed by atoms with Crippen LogP contribution in [0.2, 0.25) is 0 Å². The molecule has 0 fully saturated rings. The lowest BCUT2D eigenvalue weighted by molar-refractivity contribution is 0.0954. The number of furan rings is 1. The van der Waals surface area contributed by atoms with Crippen LogP contribution >= 0.6 is 27.7 Å². The molecule has 0 aliphatic rings. The molecule has 0 aliphatic heterocycles. The Hall–Kier alpha value is -2.58. The number of amides is 2. The quantitative estimate of drug-likeness (QED) is 0.443. The molecule has 0 spiro atoms. The summed E-state index contributed by atoms with van der Waals surface area (Å²) in [4.78, 5) is 24.5. The Morgan fingerprint density at radius 1 is 1.03 bits per heavy atom. The van der Waals surface area contributed by atoms with Crippen molar-refractivity contribution >= 4 is 45.2 Å². The van der Waals surface area contributed by atoms with Crippen LogP contribution in [0.5, 0.6) is 0 Å². The third kappa shape index (κ3) is 6.20. The fraction of sp³-hybridized carbons (Fsp3) is 0.143. The first-order chi connectivity index (χ1) is 14.0. The fourth-order valence-electron chi connectivity index (χ4n) is 2.50. The number of halogens is 2. The van der Waals surface area contributed by atoms with E-state index in [-0.39, 0.29) is 17.5 Å². The molecule has 0 radical (unpaired) electrons. The van der Waals surface area contributed by atoms with Gasteiger partial charge in [-0.15, -0.1) is 0 Å². The van der Waals surface area contributed by atoms with Crippen molar-refractivity contribution in [1.29, 1.82) is 0 Å². The van der Waals surface area contributed by atoms with Gasteiger partial charge in [-0.3, -0.25) is 9.59 Å². The van der Waals surface area contributed by atoms with Crippen LogP contribution in [0, 0.1) is 5.82 Å². The summed E-state index contributed by atoms with van der Waals surface area (Å²) in [7, 11) is 0. The van der Waals surface area contributed by atoms with Gasteiger partial charge in [-0.25, -0.2) is 4.39 Å². The van der Waals surface area contributed by atoms with E-state index >= 15 is 0 Å². The van der Waals surface area contributed by atoms with Crippen molar-refractivity contribution in [3.8, 4) is 0 Å². The minimum Gasteiger partial charge on any atom is -0.444 e. The van der Waals surface area contributed by atoms with Crippen molar-refractivity contribution in [2.45, 2.75) is 5.75 Å². The van der Waals surface area contributed by atoms with Gasteiger partial charge < -0.3 is 15.1 Å². The van der Waals surface area contributed by atoms with Gasteiger partial charge in [0.15, 0.2) is 10.4 Å². The first-order valence-electron chi connectivity index (χ1n) is 8.79. The van der Waals surface area contributed by atoms with Crippen molar-refractivity contribution in [3.63, 3.8) is 0 Å². The SMILES string of the molecule is O=C(NCCSCc1ccccc1F)c1cccc(NC(=O)c2ccc(Br)o2)c1. The molecule has 2 amide bonds. The van der Waals surface area contributed by atoms with Gasteiger partial charge in [0.2, 0.25) is 0 Å². The van der Waals surface area contributed by atoms with Crippen molar-refractivity contribution in [2.24, 2.45) is 0 Å². The Morgan fingerprint density at radius 3 is 2.62 bits per heavy atom. The monoisotopic (exact) mass is 476 g/mol. The molecule has 0 saturated carbocycles. The summed E-state index contributed by atoms with van der Waals surface area (Å²) in [5.41, 5.74) is 1.57. The minimum atomic E-state index is -0.405. The largest absolute Gasteiger partial charge is 0.444 e. The molecule has 1 aromatic heterocycles. The Bertz CT molecular complexity index is 1010. The van der Waals surface area contributed by atoms with E-state index in [0.29, 0.717) is 39.5 Å². The second-order valence-corrected chi connectivity index (χ2v) is 7.93. The molecule has 1 heterocycles. The highest BCUT2D eigenvalue weighted by Crippen LogP contribution is 2.17. The molecule has 3 rings (SSSR count). The molecule has 2 N–H and O–H groups in total. The molecule has 2 aromatic carbocycles. The third-order valence-electron chi connectivity index (χ3n) is 3.93. The number of benzene rings is 2. The summed E-state index contributed by atoms with van der Waals surface area (Å²) in [5.74, 6) is 0.506. The second kappa shape index (κ2) is 10.3. The minimum absolute atomic E-state index is 0.165. The van der Waals surface area contributed by atoms with E-state index in [1.165, 1.54) is 6.07 Å². The smallest absolute Gasteiger partial charge is 0.291 e. The molecule has 0 unspecified atom stereocenters. The second-order valence-electron chi connectivity index (χ2n) is 6.04. The van der Waals surface area contributed by atoms with E-state index in [1.54, 1.807) is 66.4 Å². The number of hydrogen-bond donors (Lipinski definition) is 2. The van der Waals surface area contributed by atoms with Crippen molar-refractivity contribution in [3.05, 3.63) is 88.0 Å². The Labute approximate surface area is 180 Å². The predicted octanol–water partition coefficient (Wildman–Crippen LogP) is 5.10. The molecular formula is C21H18BrFN2O3S. The van der Waals surface area contributed by atoms with E-state index in [0.717, 1.165) is 0 Å². The summed E-state index contributed by atoms with van der Waals surface area (Å²) >= 11 is 4.69. The first-order valence-corrected chi connectivity index (χ1v) is 10.7. The Kier molecular flexibility index (Phi) is 7.48. The topological polar surface area (TPSA) is 71.3 Å². The zero-order valence-electron chi connectivity index (χ0n) is 15.3. The maximum atomic E-state index is 13.6. The highest BCUT2D eigenvalue weighted by molar-refractivity contribution is 9.10. The molecule has 150 valence electrons. The lowest BCUT2D eigenvalue weighted by Crippen LogP contribution is -2.26. The number of carbonyl (C=O) groups is 2. The Balaban J connectivity index is 1.46. The van der Waals surface area contributed by atoms with Crippen LogP contribution in [0.4, 0.5) is 10.1 Å². The molecule has 0 atom stereocenters. The van der Waals surface area contributed by atoms with Gasteiger partial charge in [0.05, 0.1) is 0 Å². The maximum absolute atomic E-state index is 13.6.